The number of esters is 2. The van der Waals surface area contributed by atoms with Crippen molar-refractivity contribution in [2.24, 2.45) is 41.4 Å². The summed E-state index contributed by atoms with van der Waals surface area (Å²) in [7, 11) is 0. The number of hydrogen-bond donors (Lipinski definition) is 0. The van der Waals surface area contributed by atoms with Gasteiger partial charge in [-0.25, -0.2) is 0 Å². The van der Waals surface area contributed by atoms with Gasteiger partial charge in [0.05, 0.1) is 11.8 Å². The van der Waals surface area contributed by atoms with Crippen molar-refractivity contribution in [3.8, 4) is 0 Å². The molecule has 2 aromatic carbocycles. The molecule has 6 atom stereocenters. The molecule has 0 radical (unpaired) electrons. The predicted octanol–water partition coefficient (Wildman–Crippen LogP) is 9.00. The predicted molar refractivity (Wildman–Crippen MR) is 180 cm³/mol. The van der Waals surface area contributed by atoms with Crippen LogP contribution in [0.3, 0.4) is 0 Å². The van der Waals surface area contributed by atoms with E-state index < -0.39 is 0 Å². The van der Waals surface area contributed by atoms with Crippen LogP contribution in [-0.4, -0.2) is 22.1 Å². The zero-order valence-corrected chi connectivity index (χ0v) is 28.7. The number of hydrogen-bond acceptors (Lipinski definition) is 5. The maximum absolute atomic E-state index is 13.6. The third kappa shape index (κ3) is 11.7. The molecule has 2 aromatic rings. The van der Waals surface area contributed by atoms with Gasteiger partial charge in [-0.2, -0.15) is 0 Å². The maximum Gasteiger partial charge on any atom is 0.309 e. The molecule has 1 aliphatic rings. The van der Waals surface area contributed by atoms with E-state index in [1.54, 1.807) is 0 Å². The van der Waals surface area contributed by atoms with E-state index in [1.165, 1.54) is 0 Å². The molecule has 5 nitrogen and oxygen atoms in total. The fourth-order valence-electron chi connectivity index (χ4n) is 6.24. The van der Waals surface area contributed by atoms with E-state index >= 15 is 0 Å². The topological polar surface area (TPSA) is 69.7 Å². The fourth-order valence-corrected chi connectivity index (χ4v) is 6.77. The molecule has 0 saturated heterocycles. The van der Waals surface area contributed by atoms with E-state index in [2.05, 4.69) is 50.3 Å². The van der Waals surface area contributed by atoms with E-state index in [0.717, 1.165) is 34.8 Å². The Labute approximate surface area is 273 Å². The largest absolute Gasteiger partial charge is 0.461 e. The lowest BCUT2D eigenvalue weighted by Gasteiger charge is -2.35. The summed E-state index contributed by atoms with van der Waals surface area (Å²) in [5, 5.41) is 0. The van der Waals surface area contributed by atoms with Gasteiger partial charge in [0.2, 0.25) is 0 Å². The summed E-state index contributed by atoms with van der Waals surface area (Å²) in [4.78, 5) is 39.9. The first-order valence-electron chi connectivity index (χ1n) is 16.2. The van der Waals surface area contributed by atoms with E-state index in [9.17, 15) is 14.4 Å². The number of benzene rings is 2. The van der Waals surface area contributed by atoms with Crippen molar-refractivity contribution >= 4 is 40.3 Å². The molecule has 1 saturated carbocycles. The lowest BCUT2D eigenvalue weighted by molar-refractivity contribution is -0.155. The highest BCUT2D eigenvalue weighted by molar-refractivity contribution is 14.1. The van der Waals surface area contributed by atoms with Crippen LogP contribution in [0.4, 0.5) is 0 Å². The molecule has 0 spiro atoms. The van der Waals surface area contributed by atoms with Gasteiger partial charge in [0.15, 0.2) is 0 Å². The van der Waals surface area contributed by atoms with E-state index in [4.69, 9.17) is 9.47 Å². The summed E-state index contributed by atoms with van der Waals surface area (Å²) in [5.74, 6) is 0.753. The molecule has 1 aliphatic carbocycles. The van der Waals surface area contributed by atoms with E-state index in [1.807, 2.05) is 60.7 Å². The Hall–Kier alpha value is -2.22. The normalized spacial score (nSPS) is 20.7. The highest BCUT2D eigenvalue weighted by atomic mass is 127. The molecule has 3 rings (SSSR count). The number of carbonyl (C=O) groups excluding carboxylic acids is 3. The monoisotopic (exact) mass is 702 g/mol. The third-order valence-electron chi connectivity index (χ3n) is 9.58. The lowest BCUT2D eigenvalue weighted by Crippen LogP contribution is -2.35. The average Bonchev–Trinajstić information content (AvgIpc) is 3.02. The van der Waals surface area contributed by atoms with Crippen LogP contribution < -0.4 is 0 Å². The second kappa shape index (κ2) is 18.6. The number of carbonyl (C=O) groups is 3. The van der Waals surface area contributed by atoms with Crippen LogP contribution in [0.2, 0.25) is 0 Å². The molecule has 0 amide bonds. The van der Waals surface area contributed by atoms with Gasteiger partial charge in [-0.3, -0.25) is 14.4 Å². The molecule has 0 heterocycles. The summed E-state index contributed by atoms with van der Waals surface area (Å²) in [6, 6.07) is 19.5. The van der Waals surface area contributed by atoms with Crippen LogP contribution in [0.25, 0.3) is 0 Å². The second-order valence-electron chi connectivity index (χ2n) is 12.9. The summed E-state index contributed by atoms with van der Waals surface area (Å²) < 4.78 is 12.5. The number of halogens is 1. The first-order valence-corrected chi connectivity index (χ1v) is 17.7. The molecular weight excluding hydrogens is 651 g/mol. The molecule has 43 heavy (non-hydrogen) atoms. The van der Waals surface area contributed by atoms with Crippen LogP contribution in [0.5, 0.6) is 0 Å². The summed E-state index contributed by atoms with van der Waals surface area (Å²) >= 11 is 2.26. The van der Waals surface area contributed by atoms with Crippen molar-refractivity contribution in [1.29, 1.82) is 0 Å². The molecule has 5 unspecified atom stereocenters. The van der Waals surface area contributed by atoms with Crippen LogP contribution in [0, 0.1) is 41.4 Å². The molecule has 236 valence electrons. The minimum atomic E-state index is -0.260. The van der Waals surface area contributed by atoms with Gasteiger partial charge in [-0.15, -0.1) is 0 Å². The SMILES string of the molecule is CC(C)C(C)CCC(C)C(CCC1C[C@H](C(=O)CCI)CCC1C(=O)OCc1ccccc1)C(=O)OCc1ccccc1. The smallest absolute Gasteiger partial charge is 0.309 e. The Kier molecular flexibility index (Phi) is 15.2. The summed E-state index contributed by atoms with van der Waals surface area (Å²) in [6.45, 7) is 9.45. The van der Waals surface area contributed by atoms with Gasteiger partial charge in [-0.05, 0) is 73.3 Å². The Bertz CT molecular complexity index is 1120. The van der Waals surface area contributed by atoms with Crippen molar-refractivity contribution in [3.05, 3.63) is 71.8 Å². The van der Waals surface area contributed by atoms with Crippen LogP contribution in [-0.2, 0) is 37.1 Å². The fraction of sp³-hybridized carbons (Fsp3) is 0.595. The minimum Gasteiger partial charge on any atom is -0.461 e. The molecule has 0 bridgehead atoms. The highest BCUT2D eigenvalue weighted by Crippen LogP contribution is 2.40. The number of ether oxygens (including phenoxy) is 2. The zero-order chi connectivity index (χ0) is 31.2. The molecule has 1 fully saturated rings. The van der Waals surface area contributed by atoms with Gasteiger partial charge in [0.25, 0.3) is 0 Å². The van der Waals surface area contributed by atoms with Crippen LogP contribution in [0.15, 0.2) is 60.7 Å². The molecule has 0 aromatic heterocycles. The van der Waals surface area contributed by atoms with Crippen molar-refractivity contribution in [2.45, 2.75) is 92.3 Å². The number of ketones is 1. The maximum atomic E-state index is 13.6. The highest BCUT2D eigenvalue weighted by Gasteiger charge is 2.39. The first-order chi connectivity index (χ1) is 20.7. The molecule has 6 heteroatoms. The van der Waals surface area contributed by atoms with Crippen LogP contribution >= 0.6 is 22.6 Å². The summed E-state index contributed by atoms with van der Waals surface area (Å²) in [5.41, 5.74) is 1.93. The number of Topliss-reactive ketones (excluding diaryl/α,β-unsaturated/α-hetero) is 1. The van der Waals surface area contributed by atoms with E-state index in [-0.39, 0.29) is 54.7 Å². The molecule has 0 aliphatic heterocycles. The zero-order valence-electron chi connectivity index (χ0n) is 26.5. The van der Waals surface area contributed by atoms with Crippen molar-refractivity contribution < 1.29 is 23.9 Å². The number of alkyl halides is 1. The van der Waals surface area contributed by atoms with Gasteiger partial charge >= 0.3 is 11.9 Å². The Morgan fingerprint density at radius 2 is 1.37 bits per heavy atom. The quantitative estimate of drug-likeness (QED) is 0.0936. The summed E-state index contributed by atoms with van der Waals surface area (Å²) in [6.07, 6.45) is 6.00. The Morgan fingerprint density at radius 1 is 0.791 bits per heavy atom. The van der Waals surface area contributed by atoms with Crippen molar-refractivity contribution in [2.75, 3.05) is 4.43 Å². The van der Waals surface area contributed by atoms with Crippen molar-refractivity contribution in [1.82, 2.24) is 0 Å². The Balaban J connectivity index is 1.73. The third-order valence-corrected chi connectivity index (χ3v) is 10.1. The molecular formula is C37H51IO5. The lowest BCUT2D eigenvalue weighted by atomic mass is 9.69. The van der Waals surface area contributed by atoms with Crippen molar-refractivity contribution in [3.63, 3.8) is 0 Å². The molecule has 0 N–H and O–H groups in total. The van der Waals surface area contributed by atoms with Gasteiger partial charge in [-0.1, -0.05) is 117 Å². The average molecular weight is 703 g/mol. The van der Waals surface area contributed by atoms with Crippen LogP contribution in [0.1, 0.15) is 90.2 Å². The number of rotatable bonds is 17. The minimum absolute atomic E-state index is 0.00592. The first kappa shape index (κ1) is 35.3. The van der Waals surface area contributed by atoms with Gasteiger partial charge < -0.3 is 9.47 Å². The van der Waals surface area contributed by atoms with Gasteiger partial charge in [0, 0.05) is 16.8 Å². The Morgan fingerprint density at radius 3 is 1.95 bits per heavy atom. The van der Waals surface area contributed by atoms with Gasteiger partial charge in [0.1, 0.15) is 19.0 Å². The standard InChI is InChI=1S/C37H51IO5/c1-26(2)27(3)15-16-28(4)33(36(40)42-24-29-11-7-5-8-12-29)19-17-31-23-32(35(39)21-22-38)18-20-34(31)37(41)43-25-30-13-9-6-10-14-30/h5-14,26-28,31-34H,15-25H2,1-4H3/t27?,28?,31?,32-,33?,34?/m1/s1. The second-order valence-corrected chi connectivity index (χ2v) is 14.0. The van der Waals surface area contributed by atoms with E-state index in [0.29, 0.717) is 49.7 Å².